The van der Waals surface area contributed by atoms with Gasteiger partial charge in [-0.2, -0.15) is 0 Å². The van der Waals surface area contributed by atoms with E-state index in [9.17, 15) is 4.79 Å². The number of carbonyl (C=O) groups excluding carboxylic acids is 1. The predicted octanol–water partition coefficient (Wildman–Crippen LogP) is 4.53. The van der Waals surface area contributed by atoms with Crippen LogP contribution < -0.4 is 10.1 Å². The first-order valence-corrected chi connectivity index (χ1v) is 10.7. The summed E-state index contributed by atoms with van der Waals surface area (Å²) in [6, 6.07) is 15.9. The first-order chi connectivity index (χ1) is 13.6. The van der Waals surface area contributed by atoms with Gasteiger partial charge in [-0.15, -0.1) is 11.3 Å². The van der Waals surface area contributed by atoms with Gasteiger partial charge in [-0.05, 0) is 64.6 Å². The molecule has 0 radical (unpaired) electrons. The summed E-state index contributed by atoms with van der Waals surface area (Å²) in [6.45, 7) is 0.532. The molecule has 0 aliphatic carbocycles. The monoisotopic (exact) mass is 503 g/mol. The topological polar surface area (TPSA) is 55.6 Å². The van der Waals surface area contributed by atoms with Crippen LogP contribution in [-0.4, -0.2) is 22.4 Å². The Bertz CT molecular complexity index is 1100. The number of halogens is 1. The second kappa shape index (κ2) is 8.32. The molecule has 0 atom stereocenters. The van der Waals surface area contributed by atoms with Crippen molar-refractivity contribution in [3.63, 3.8) is 0 Å². The van der Waals surface area contributed by atoms with Crippen LogP contribution in [0.5, 0.6) is 5.75 Å². The highest BCUT2D eigenvalue weighted by atomic mass is 127. The fraction of sp³-hybridized carbons (Fsp3) is 0.143. The van der Waals surface area contributed by atoms with Gasteiger partial charge in [-0.25, -0.2) is 4.98 Å². The number of hydrogen-bond donors (Lipinski definition) is 1. The van der Waals surface area contributed by atoms with Crippen LogP contribution in [0.2, 0.25) is 0 Å². The molecule has 0 saturated heterocycles. The number of ether oxygens (including phenoxy) is 1. The Labute approximate surface area is 180 Å². The number of aromatic nitrogens is 2. The number of methoxy groups -OCH3 is 1. The minimum absolute atomic E-state index is 0.00190. The van der Waals surface area contributed by atoms with Crippen molar-refractivity contribution in [3.8, 4) is 17.0 Å². The van der Waals surface area contributed by atoms with E-state index in [4.69, 9.17) is 4.74 Å². The summed E-state index contributed by atoms with van der Waals surface area (Å²) in [6.07, 6.45) is 2.30. The largest absolute Gasteiger partial charge is 0.497 e. The zero-order valence-corrected chi connectivity index (χ0v) is 18.2. The van der Waals surface area contributed by atoms with Crippen LogP contribution >= 0.6 is 33.9 Å². The van der Waals surface area contributed by atoms with Crippen molar-refractivity contribution in [2.24, 2.45) is 0 Å². The van der Waals surface area contributed by atoms with Crippen LogP contribution in [0.1, 0.15) is 11.3 Å². The van der Waals surface area contributed by atoms with Gasteiger partial charge in [0.25, 0.3) is 0 Å². The Morgan fingerprint density at radius 2 is 1.93 bits per heavy atom. The number of carbonyl (C=O) groups is 1. The van der Waals surface area contributed by atoms with E-state index in [1.807, 2.05) is 64.5 Å². The molecule has 0 saturated carbocycles. The lowest BCUT2D eigenvalue weighted by atomic mass is 10.2. The molecule has 0 aliphatic heterocycles. The third kappa shape index (κ3) is 4.20. The maximum atomic E-state index is 12.4. The molecule has 0 unspecified atom stereocenters. The Kier molecular flexibility index (Phi) is 5.63. The van der Waals surface area contributed by atoms with Gasteiger partial charge in [-0.1, -0.05) is 12.1 Å². The second-order valence-electron chi connectivity index (χ2n) is 6.31. The standard InChI is InChI=1S/C21H18IN3O2S/c1-27-18-8-4-15(5-9-18)19-12-25-17(13-28-21(25)24-19)10-20(26)23-11-14-2-6-16(22)7-3-14/h2-9,12-13H,10-11H2,1H3,(H,23,26). The summed E-state index contributed by atoms with van der Waals surface area (Å²) >= 11 is 3.81. The number of fused-ring (bicyclic) bond motifs is 1. The van der Waals surface area contributed by atoms with E-state index < -0.39 is 0 Å². The van der Waals surface area contributed by atoms with Crippen LogP contribution in [0.3, 0.4) is 0 Å². The van der Waals surface area contributed by atoms with E-state index in [0.29, 0.717) is 13.0 Å². The molecule has 2 aromatic carbocycles. The molecule has 2 heterocycles. The first-order valence-electron chi connectivity index (χ1n) is 8.73. The summed E-state index contributed by atoms with van der Waals surface area (Å²) < 4.78 is 8.38. The molecule has 0 aliphatic rings. The van der Waals surface area contributed by atoms with E-state index in [2.05, 4.69) is 32.9 Å². The second-order valence-corrected chi connectivity index (χ2v) is 8.40. The van der Waals surface area contributed by atoms with Crippen molar-refractivity contribution in [3.05, 3.63) is 74.9 Å². The molecule has 0 spiro atoms. The smallest absolute Gasteiger partial charge is 0.226 e. The summed E-state index contributed by atoms with van der Waals surface area (Å²) in [7, 11) is 1.65. The molecule has 28 heavy (non-hydrogen) atoms. The lowest BCUT2D eigenvalue weighted by Crippen LogP contribution is -2.24. The molecule has 142 valence electrons. The average molecular weight is 503 g/mol. The fourth-order valence-electron chi connectivity index (χ4n) is 2.89. The number of rotatable bonds is 6. The van der Waals surface area contributed by atoms with E-state index in [1.165, 1.54) is 3.57 Å². The van der Waals surface area contributed by atoms with E-state index >= 15 is 0 Å². The van der Waals surface area contributed by atoms with Gasteiger partial charge in [0, 0.05) is 32.9 Å². The molecule has 1 amide bonds. The van der Waals surface area contributed by atoms with Gasteiger partial charge in [-0.3, -0.25) is 9.20 Å². The number of benzene rings is 2. The number of nitrogens with zero attached hydrogens (tertiary/aromatic N) is 2. The van der Waals surface area contributed by atoms with Crippen LogP contribution in [0.25, 0.3) is 16.2 Å². The van der Waals surface area contributed by atoms with E-state index in [0.717, 1.165) is 33.2 Å². The van der Waals surface area contributed by atoms with E-state index in [-0.39, 0.29) is 5.91 Å². The van der Waals surface area contributed by atoms with Crippen molar-refractivity contribution < 1.29 is 9.53 Å². The number of nitrogens with one attached hydrogen (secondary N) is 1. The van der Waals surface area contributed by atoms with Crippen LogP contribution in [0.4, 0.5) is 0 Å². The average Bonchev–Trinajstić information content (AvgIpc) is 3.30. The lowest BCUT2D eigenvalue weighted by Gasteiger charge is -2.05. The third-order valence-corrected chi connectivity index (χ3v) is 6.02. The number of amides is 1. The Hall–Kier alpha value is -2.39. The summed E-state index contributed by atoms with van der Waals surface area (Å²) in [4.78, 5) is 17.9. The first kappa shape index (κ1) is 18.9. The Morgan fingerprint density at radius 3 is 2.64 bits per heavy atom. The van der Waals surface area contributed by atoms with Gasteiger partial charge < -0.3 is 10.1 Å². The van der Waals surface area contributed by atoms with Crippen molar-refractivity contribution >= 4 is 44.8 Å². The SMILES string of the molecule is COc1ccc(-c2cn3c(CC(=O)NCc4ccc(I)cc4)csc3n2)cc1. The van der Waals surface area contributed by atoms with Crippen LogP contribution in [-0.2, 0) is 17.8 Å². The van der Waals surface area contributed by atoms with Gasteiger partial charge in [0.15, 0.2) is 4.96 Å². The van der Waals surface area contributed by atoms with E-state index in [1.54, 1.807) is 18.4 Å². The van der Waals surface area contributed by atoms with Crippen molar-refractivity contribution in [2.75, 3.05) is 7.11 Å². The molecular formula is C21H18IN3O2S. The normalized spacial score (nSPS) is 10.9. The zero-order chi connectivity index (χ0) is 19.5. The molecule has 4 aromatic rings. The highest BCUT2D eigenvalue weighted by Gasteiger charge is 2.12. The zero-order valence-electron chi connectivity index (χ0n) is 15.2. The molecule has 4 rings (SSSR count). The summed E-state index contributed by atoms with van der Waals surface area (Å²) in [5.41, 5.74) is 3.93. The summed E-state index contributed by atoms with van der Waals surface area (Å²) in [5.74, 6) is 0.813. The Balaban J connectivity index is 1.45. The van der Waals surface area contributed by atoms with Crippen molar-refractivity contribution in [2.45, 2.75) is 13.0 Å². The van der Waals surface area contributed by atoms with Crippen molar-refractivity contribution in [1.29, 1.82) is 0 Å². The molecular weight excluding hydrogens is 485 g/mol. The number of thiazole rings is 1. The van der Waals surface area contributed by atoms with Crippen molar-refractivity contribution in [1.82, 2.24) is 14.7 Å². The van der Waals surface area contributed by atoms with Gasteiger partial charge in [0.2, 0.25) is 5.91 Å². The van der Waals surface area contributed by atoms with Crippen LogP contribution in [0, 0.1) is 3.57 Å². The summed E-state index contributed by atoms with van der Waals surface area (Å²) in [5, 5.41) is 4.98. The molecule has 2 aromatic heterocycles. The van der Waals surface area contributed by atoms with Crippen LogP contribution in [0.15, 0.2) is 60.1 Å². The highest BCUT2D eigenvalue weighted by Crippen LogP contribution is 2.25. The number of hydrogen-bond acceptors (Lipinski definition) is 4. The predicted molar refractivity (Wildman–Crippen MR) is 120 cm³/mol. The van der Waals surface area contributed by atoms with Gasteiger partial charge in [0.1, 0.15) is 5.75 Å². The number of imidazole rings is 1. The minimum Gasteiger partial charge on any atom is -0.497 e. The lowest BCUT2D eigenvalue weighted by molar-refractivity contribution is -0.120. The molecule has 7 heteroatoms. The maximum Gasteiger partial charge on any atom is 0.226 e. The quantitative estimate of drug-likeness (QED) is 0.394. The molecule has 5 nitrogen and oxygen atoms in total. The minimum atomic E-state index is -0.00190. The molecule has 0 fully saturated rings. The third-order valence-electron chi connectivity index (χ3n) is 4.41. The Morgan fingerprint density at radius 1 is 1.18 bits per heavy atom. The fourth-order valence-corrected chi connectivity index (χ4v) is 4.12. The maximum absolute atomic E-state index is 12.4. The highest BCUT2D eigenvalue weighted by molar-refractivity contribution is 14.1. The molecule has 1 N–H and O–H groups in total. The van der Waals surface area contributed by atoms with Gasteiger partial charge >= 0.3 is 0 Å². The van der Waals surface area contributed by atoms with Gasteiger partial charge in [0.05, 0.1) is 19.2 Å². The molecule has 0 bridgehead atoms.